The van der Waals surface area contributed by atoms with Gasteiger partial charge in [-0.05, 0) is 48.9 Å². The lowest BCUT2D eigenvalue weighted by molar-refractivity contribution is -0.140. The van der Waals surface area contributed by atoms with Crippen LogP contribution < -0.4 is 9.47 Å². The summed E-state index contributed by atoms with van der Waals surface area (Å²) in [6.45, 7) is 2.74. The normalized spacial score (nSPS) is 19.4. The average molecular weight is 432 g/mol. The highest BCUT2D eigenvalue weighted by atomic mass is 16.6. The van der Waals surface area contributed by atoms with Crippen molar-refractivity contribution in [2.24, 2.45) is 0 Å². The SMILES string of the molecule is Cc1ccc([C@H]2C(=C(O)c3ccc4c(c3)OCCO4)C(=O)C(=O)N2Cc2cccnc2)o1. The summed E-state index contributed by atoms with van der Waals surface area (Å²) in [5.74, 6) is 0.259. The highest BCUT2D eigenvalue weighted by Crippen LogP contribution is 2.42. The molecule has 5 rings (SSSR count). The Labute approximate surface area is 183 Å². The third kappa shape index (κ3) is 3.39. The molecule has 1 atom stereocenters. The molecule has 0 unspecified atom stereocenters. The fourth-order valence-corrected chi connectivity index (χ4v) is 3.97. The standard InChI is InChI=1S/C24H20N2O6/c1-14-4-6-18(32-14)21-20(22(27)16-5-7-17-19(11-16)31-10-9-30-17)23(28)24(29)26(21)13-15-3-2-8-25-12-15/h2-8,11-12,21,27H,9-10,13H2,1H3/t21-/m0/s1. The smallest absolute Gasteiger partial charge is 0.296 e. The second-order valence-electron chi connectivity index (χ2n) is 7.60. The summed E-state index contributed by atoms with van der Waals surface area (Å²) in [6, 6.07) is 11.1. The molecule has 0 spiro atoms. The maximum atomic E-state index is 13.1. The predicted octanol–water partition coefficient (Wildman–Crippen LogP) is 3.38. The van der Waals surface area contributed by atoms with Gasteiger partial charge in [0.05, 0.1) is 5.57 Å². The molecular formula is C24H20N2O6. The van der Waals surface area contributed by atoms with Crippen LogP contribution in [-0.4, -0.2) is 39.9 Å². The highest BCUT2D eigenvalue weighted by Gasteiger charge is 2.47. The monoisotopic (exact) mass is 432 g/mol. The molecule has 4 heterocycles. The first-order chi connectivity index (χ1) is 15.5. The quantitative estimate of drug-likeness (QED) is 0.383. The molecule has 1 fully saturated rings. The number of rotatable bonds is 4. The van der Waals surface area contributed by atoms with Crippen LogP contribution in [0.4, 0.5) is 0 Å². The van der Waals surface area contributed by atoms with Crippen LogP contribution in [-0.2, 0) is 16.1 Å². The van der Waals surface area contributed by atoms with Gasteiger partial charge < -0.3 is 23.9 Å². The number of furan rings is 1. The van der Waals surface area contributed by atoms with Crippen LogP contribution in [0.1, 0.15) is 28.7 Å². The Balaban J connectivity index is 1.62. The zero-order valence-electron chi connectivity index (χ0n) is 17.3. The molecule has 8 nitrogen and oxygen atoms in total. The molecule has 2 aliphatic rings. The summed E-state index contributed by atoms with van der Waals surface area (Å²) >= 11 is 0. The number of benzene rings is 1. The maximum Gasteiger partial charge on any atom is 0.296 e. The number of ketones is 1. The highest BCUT2D eigenvalue weighted by molar-refractivity contribution is 6.46. The number of carbonyl (C=O) groups is 2. The van der Waals surface area contributed by atoms with E-state index in [0.717, 1.165) is 5.56 Å². The topological polar surface area (TPSA) is 102 Å². The van der Waals surface area contributed by atoms with Gasteiger partial charge in [-0.1, -0.05) is 6.07 Å². The second-order valence-corrected chi connectivity index (χ2v) is 7.60. The lowest BCUT2D eigenvalue weighted by Gasteiger charge is -2.23. The first kappa shape index (κ1) is 19.9. The van der Waals surface area contributed by atoms with Crippen LogP contribution in [0, 0.1) is 6.92 Å². The zero-order valence-corrected chi connectivity index (χ0v) is 17.3. The third-order valence-corrected chi connectivity index (χ3v) is 5.46. The molecule has 0 saturated carbocycles. The Morgan fingerprint density at radius 3 is 2.66 bits per heavy atom. The van der Waals surface area contributed by atoms with Gasteiger partial charge in [0.2, 0.25) is 0 Å². The van der Waals surface area contributed by atoms with E-state index in [0.29, 0.717) is 41.8 Å². The van der Waals surface area contributed by atoms with Crippen molar-refractivity contribution in [3.63, 3.8) is 0 Å². The number of aryl methyl sites for hydroxylation is 1. The number of aliphatic hydroxyl groups excluding tert-OH is 1. The number of hydrogen-bond donors (Lipinski definition) is 1. The van der Waals surface area contributed by atoms with Gasteiger partial charge in [-0.15, -0.1) is 0 Å². The number of hydrogen-bond acceptors (Lipinski definition) is 7. The maximum absolute atomic E-state index is 13.1. The molecule has 1 aromatic carbocycles. The minimum atomic E-state index is -0.878. The minimum absolute atomic E-state index is 0.0371. The van der Waals surface area contributed by atoms with E-state index in [2.05, 4.69) is 4.98 Å². The van der Waals surface area contributed by atoms with E-state index >= 15 is 0 Å². The van der Waals surface area contributed by atoms with Crippen molar-refractivity contribution in [3.8, 4) is 11.5 Å². The van der Waals surface area contributed by atoms with E-state index in [1.807, 2.05) is 6.07 Å². The van der Waals surface area contributed by atoms with Crippen molar-refractivity contribution in [2.75, 3.05) is 13.2 Å². The summed E-state index contributed by atoms with van der Waals surface area (Å²) in [7, 11) is 0. The van der Waals surface area contributed by atoms with Crippen molar-refractivity contribution in [2.45, 2.75) is 19.5 Å². The van der Waals surface area contributed by atoms with Crippen LogP contribution in [0.3, 0.4) is 0 Å². The third-order valence-electron chi connectivity index (χ3n) is 5.46. The number of amides is 1. The molecule has 1 amide bonds. The molecule has 32 heavy (non-hydrogen) atoms. The summed E-state index contributed by atoms with van der Waals surface area (Å²) < 4.78 is 16.9. The minimum Gasteiger partial charge on any atom is -0.507 e. The van der Waals surface area contributed by atoms with Crippen LogP contribution in [0.25, 0.3) is 5.76 Å². The van der Waals surface area contributed by atoms with Gasteiger partial charge in [-0.3, -0.25) is 14.6 Å². The number of pyridine rings is 1. The Morgan fingerprint density at radius 1 is 1.12 bits per heavy atom. The predicted molar refractivity (Wildman–Crippen MR) is 113 cm³/mol. The van der Waals surface area contributed by atoms with Crippen molar-refractivity contribution in [1.29, 1.82) is 0 Å². The van der Waals surface area contributed by atoms with Gasteiger partial charge in [0.15, 0.2) is 11.5 Å². The summed E-state index contributed by atoms with van der Waals surface area (Å²) in [6.07, 6.45) is 3.26. The van der Waals surface area contributed by atoms with E-state index in [1.54, 1.807) is 55.7 Å². The van der Waals surface area contributed by atoms with E-state index in [1.165, 1.54) is 4.90 Å². The number of aromatic nitrogens is 1. The molecule has 1 N–H and O–H groups in total. The van der Waals surface area contributed by atoms with Crippen molar-refractivity contribution in [3.05, 3.63) is 83.1 Å². The van der Waals surface area contributed by atoms with Gasteiger partial charge in [-0.25, -0.2) is 0 Å². The van der Waals surface area contributed by atoms with Crippen LogP contribution in [0.5, 0.6) is 11.5 Å². The first-order valence-corrected chi connectivity index (χ1v) is 10.2. The molecular weight excluding hydrogens is 412 g/mol. The number of likely N-dealkylation sites (tertiary alicyclic amines) is 1. The fraction of sp³-hybridized carbons (Fsp3) is 0.208. The van der Waals surface area contributed by atoms with E-state index in [9.17, 15) is 14.7 Å². The second kappa shape index (κ2) is 7.88. The number of aliphatic hydroxyl groups is 1. The lowest BCUT2D eigenvalue weighted by Crippen LogP contribution is -2.29. The van der Waals surface area contributed by atoms with Gasteiger partial charge >= 0.3 is 0 Å². The van der Waals surface area contributed by atoms with Crippen LogP contribution in [0.2, 0.25) is 0 Å². The van der Waals surface area contributed by atoms with Crippen molar-refractivity contribution < 1.29 is 28.6 Å². The van der Waals surface area contributed by atoms with Gasteiger partial charge in [0.25, 0.3) is 11.7 Å². The number of nitrogens with zero attached hydrogens (tertiary/aromatic N) is 2. The number of Topliss-reactive ketones (excluding diaryl/α,β-unsaturated/α-hetero) is 1. The van der Waals surface area contributed by atoms with Crippen LogP contribution in [0.15, 0.2) is 64.8 Å². The van der Waals surface area contributed by atoms with E-state index in [4.69, 9.17) is 13.9 Å². The number of ether oxygens (including phenoxy) is 2. The Bertz CT molecular complexity index is 1230. The van der Waals surface area contributed by atoms with Gasteiger partial charge in [0, 0.05) is 24.5 Å². The fourth-order valence-electron chi connectivity index (χ4n) is 3.97. The van der Waals surface area contributed by atoms with E-state index < -0.39 is 17.7 Å². The molecule has 162 valence electrons. The molecule has 0 aliphatic carbocycles. The number of fused-ring (bicyclic) bond motifs is 1. The Kier molecular flexibility index (Phi) is 4.89. The lowest BCUT2D eigenvalue weighted by atomic mass is 9.99. The van der Waals surface area contributed by atoms with Gasteiger partial charge in [0.1, 0.15) is 36.5 Å². The molecule has 1 saturated heterocycles. The van der Waals surface area contributed by atoms with Crippen molar-refractivity contribution in [1.82, 2.24) is 9.88 Å². The molecule has 0 radical (unpaired) electrons. The van der Waals surface area contributed by atoms with Gasteiger partial charge in [-0.2, -0.15) is 0 Å². The summed E-state index contributed by atoms with van der Waals surface area (Å²) in [5.41, 5.74) is 1.06. The summed E-state index contributed by atoms with van der Waals surface area (Å²) in [4.78, 5) is 31.6. The number of carbonyl (C=O) groups excluding carboxylic acids is 2. The summed E-state index contributed by atoms with van der Waals surface area (Å²) in [5, 5.41) is 11.2. The van der Waals surface area contributed by atoms with E-state index in [-0.39, 0.29) is 17.9 Å². The van der Waals surface area contributed by atoms with Crippen molar-refractivity contribution >= 4 is 17.4 Å². The average Bonchev–Trinajstić information content (AvgIpc) is 3.35. The molecule has 8 heteroatoms. The molecule has 3 aromatic rings. The zero-order chi connectivity index (χ0) is 22.2. The Morgan fingerprint density at radius 2 is 1.94 bits per heavy atom. The molecule has 2 aliphatic heterocycles. The molecule has 2 aromatic heterocycles. The van der Waals surface area contributed by atoms with Crippen LogP contribution >= 0.6 is 0 Å². The Hall–Kier alpha value is -4.07. The first-order valence-electron chi connectivity index (χ1n) is 10.2. The molecule has 0 bridgehead atoms. The largest absolute Gasteiger partial charge is 0.507 e.